The normalized spacial score (nSPS) is 9.74. The smallest absolute Gasteiger partial charge is 0.545 e. The molecule has 0 saturated heterocycles. The number of benzene rings is 2. The molecule has 0 atom stereocenters. The van der Waals surface area contributed by atoms with Crippen molar-refractivity contribution in [3.63, 3.8) is 0 Å². The molecule has 0 amide bonds. The van der Waals surface area contributed by atoms with Gasteiger partial charge in [-0.3, -0.25) is 0 Å². The summed E-state index contributed by atoms with van der Waals surface area (Å²) in [7, 11) is 0. The van der Waals surface area contributed by atoms with Gasteiger partial charge in [0, 0.05) is 0 Å². The van der Waals surface area contributed by atoms with Gasteiger partial charge in [0.05, 0.1) is 11.9 Å². The Kier molecular flexibility index (Phi) is 10.6. The minimum absolute atomic E-state index is 0. The number of rotatable bonds is 4. The van der Waals surface area contributed by atoms with Gasteiger partial charge in [0.15, 0.2) is 0 Å². The Morgan fingerprint density at radius 3 is 1.22 bits per heavy atom. The van der Waals surface area contributed by atoms with Crippen LogP contribution in [0.25, 0.3) is 12.2 Å². The fourth-order valence-electron chi connectivity index (χ4n) is 1.46. The van der Waals surface area contributed by atoms with Crippen molar-refractivity contribution in [2.45, 2.75) is 0 Å². The van der Waals surface area contributed by atoms with Gasteiger partial charge < -0.3 is 19.8 Å². The van der Waals surface area contributed by atoms with Crippen molar-refractivity contribution >= 4 is 24.1 Å². The van der Waals surface area contributed by atoms with E-state index < -0.39 is 11.9 Å². The molecule has 0 radical (unpaired) electrons. The van der Waals surface area contributed by atoms with E-state index in [1.54, 1.807) is 0 Å². The van der Waals surface area contributed by atoms with E-state index >= 15 is 0 Å². The Morgan fingerprint density at radius 2 is 0.957 bits per heavy atom. The topological polar surface area (TPSA) is 80.3 Å². The SMILES string of the molecule is O=C([O-])C=Cc1ccccc1.O=C([O-])C=Cc1ccccc1.[Ni+2]. The van der Waals surface area contributed by atoms with Gasteiger partial charge in [-0.1, -0.05) is 72.8 Å². The Balaban J connectivity index is 0.000000403. The molecule has 2 rings (SSSR count). The van der Waals surface area contributed by atoms with Crippen molar-refractivity contribution in [3.05, 3.63) is 83.9 Å². The van der Waals surface area contributed by atoms with E-state index in [-0.39, 0.29) is 16.5 Å². The fraction of sp³-hybridized carbons (Fsp3) is 0. The van der Waals surface area contributed by atoms with E-state index in [0.29, 0.717) is 0 Å². The molecule has 5 heteroatoms. The molecule has 0 aliphatic carbocycles. The molecule has 4 nitrogen and oxygen atoms in total. The van der Waals surface area contributed by atoms with Crippen LogP contribution in [0.15, 0.2) is 72.8 Å². The molecule has 0 spiro atoms. The fourth-order valence-corrected chi connectivity index (χ4v) is 1.46. The predicted octanol–water partition coefficient (Wildman–Crippen LogP) is 0.897. The summed E-state index contributed by atoms with van der Waals surface area (Å²) in [6, 6.07) is 18.4. The largest absolute Gasteiger partial charge is 2.00 e. The summed E-state index contributed by atoms with van der Waals surface area (Å²) in [5.41, 5.74) is 1.72. The molecule has 0 N–H and O–H groups in total. The van der Waals surface area contributed by atoms with Crippen LogP contribution in [0.3, 0.4) is 0 Å². The standard InChI is InChI=1S/2C9H8O2.Ni/c2*10-9(11)7-6-8-4-2-1-3-5-8;/h2*1-7H,(H,10,11);/q;;+2/p-2. The molecular weight excluding hydrogens is 339 g/mol. The number of carbonyl (C=O) groups is 2. The van der Waals surface area contributed by atoms with Crippen LogP contribution < -0.4 is 10.2 Å². The van der Waals surface area contributed by atoms with Crippen LogP contribution in [0.2, 0.25) is 0 Å². The summed E-state index contributed by atoms with van der Waals surface area (Å²) >= 11 is 0. The van der Waals surface area contributed by atoms with Crippen molar-refractivity contribution < 1.29 is 36.3 Å². The molecule has 0 aliphatic rings. The molecule has 2 aromatic rings. The first kappa shape index (κ1) is 20.4. The third-order valence-corrected chi connectivity index (χ3v) is 2.42. The second-order valence-corrected chi connectivity index (χ2v) is 4.13. The second kappa shape index (κ2) is 12.0. The summed E-state index contributed by atoms with van der Waals surface area (Å²) in [5, 5.41) is 19.9. The first-order valence-corrected chi connectivity index (χ1v) is 6.46. The summed E-state index contributed by atoms with van der Waals surface area (Å²) in [5.74, 6) is -2.34. The third-order valence-electron chi connectivity index (χ3n) is 2.42. The number of hydrogen-bond acceptors (Lipinski definition) is 4. The van der Waals surface area contributed by atoms with Gasteiger partial charge in [-0.05, 0) is 23.3 Å². The molecular formula is C18H14NiO4. The molecule has 120 valence electrons. The quantitative estimate of drug-likeness (QED) is 0.604. The van der Waals surface area contributed by atoms with E-state index in [1.807, 2.05) is 60.7 Å². The van der Waals surface area contributed by atoms with Gasteiger partial charge in [0.1, 0.15) is 0 Å². The molecule has 0 bridgehead atoms. The summed E-state index contributed by atoms with van der Waals surface area (Å²) in [4.78, 5) is 19.9. The van der Waals surface area contributed by atoms with Crippen molar-refractivity contribution in [3.8, 4) is 0 Å². The first-order chi connectivity index (χ1) is 10.6. The number of aliphatic carboxylic acids is 2. The zero-order chi connectivity index (χ0) is 16.2. The van der Waals surface area contributed by atoms with Crippen molar-refractivity contribution in [2.24, 2.45) is 0 Å². The minimum Gasteiger partial charge on any atom is -0.545 e. The zero-order valence-electron chi connectivity index (χ0n) is 12.0. The summed E-state index contributed by atoms with van der Waals surface area (Å²) in [6.07, 6.45) is 5.01. The minimum atomic E-state index is -1.17. The van der Waals surface area contributed by atoms with E-state index in [2.05, 4.69) is 0 Å². The molecule has 0 aromatic heterocycles. The van der Waals surface area contributed by atoms with Crippen LogP contribution in [-0.4, -0.2) is 11.9 Å². The van der Waals surface area contributed by atoms with Crippen molar-refractivity contribution in [1.82, 2.24) is 0 Å². The van der Waals surface area contributed by atoms with Crippen LogP contribution in [0.4, 0.5) is 0 Å². The molecule has 0 fully saturated rings. The Bertz CT molecular complexity index is 590. The molecule has 23 heavy (non-hydrogen) atoms. The second-order valence-electron chi connectivity index (χ2n) is 4.13. The van der Waals surface area contributed by atoms with Crippen molar-refractivity contribution in [1.29, 1.82) is 0 Å². The van der Waals surface area contributed by atoms with Crippen LogP contribution >= 0.6 is 0 Å². The van der Waals surface area contributed by atoms with Crippen molar-refractivity contribution in [2.75, 3.05) is 0 Å². The van der Waals surface area contributed by atoms with Gasteiger partial charge in [-0.15, -0.1) is 0 Å². The van der Waals surface area contributed by atoms with Gasteiger partial charge in [-0.25, -0.2) is 0 Å². The van der Waals surface area contributed by atoms with E-state index in [9.17, 15) is 19.8 Å². The first-order valence-electron chi connectivity index (χ1n) is 6.46. The van der Waals surface area contributed by atoms with Gasteiger partial charge in [-0.2, -0.15) is 0 Å². The Hall–Kier alpha value is -2.65. The Labute approximate surface area is 144 Å². The van der Waals surface area contributed by atoms with Gasteiger partial charge in [0.2, 0.25) is 0 Å². The Morgan fingerprint density at radius 1 is 0.652 bits per heavy atom. The number of carboxylic acid groups (broad SMARTS) is 2. The molecule has 0 heterocycles. The number of carboxylic acids is 2. The molecule has 0 aliphatic heterocycles. The van der Waals surface area contributed by atoms with E-state index in [1.165, 1.54) is 12.2 Å². The van der Waals surface area contributed by atoms with E-state index in [0.717, 1.165) is 23.3 Å². The molecule has 0 unspecified atom stereocenters. The van der Waals surface area contributed by atoms with Crippen LogP contribution in [-0.2, 0) is 26.1 Å². The maximum Gasteiger partial charge on any atom is 2.00 e. The van der Waals surface area contributed by atoms with Crippen LogP contribution in [0.1, 0.15) is 11.1 Å². The molecule has 2 aromatic carbocycles. The third kappa shape index (κ3) is 10.7. The van der Waals surface area contributed by atoms with Crippen LogP contribution in [0.5, 0.6) is 0 Å². The number of hydrogen-bond donors (Lipinski definition) is 0. The predicted molar refractivity (Wildman–Crippen MR) is 81.0 cm³/mol. The summed E-state index contributed by atoms with van der Waals surface area (Å²) < 4.78 is 0. The van der Waals surface area contributed by atoms with Gasteiger partial charge in [0.25, 0.3) is 0 Å². The average molecular weight is 353 g/mol. The average Bonchev–Trinajstić information content (AvgIpc) is 2.53. The van der Waals surface area contributed by atoms with E-state index in [4.69, 9.17) is 0 Å². The maximum absolute atomic E-state index is 9.97. The van der Waals surface area contributed by atoms with Gasteiger partial charge >= 0.3 is 16.5 Å². The monoisotopic (exact) mass is 352 g/mol. The molecule has 0 saturated carbocycles. The summed E-state index contributed by atoms with van der Waals surface area (Å²) in [6.45, 7) is 0. The zero-order valence-corrected chi connectivity index (χ0v) is 13.0. The van der Waals surface area contributed by atoms with Crippen LogP contribution in [0, 0.1) is 0 Å². The number of carbonyl (C=O) groups excluding carboxylic acids is 2. The maximum atomic E-state index is 9.97.